The molecule has 1 amide bonds. The summed E-state index contributed by atoms with van der Waals surface area (Å²) in [6.07, 6.45) is 9.61. The van der Waals surface area contributed by atoms with Gasteiger partial charge in [0.25, 0.3) is 5.91 Å². The van der Waals surface area contributed by atoms with Crippen LogP contribution in [0.5, 0.6) is 11.8 Å². The molecule has 45 heavy (non-hydrogen) atoms. The van der Waals surface area contributed by atoms with Gasteiger partial charge in [-0.3, -0.25) is 4.79 Å². The van der Waals surface area contributed by atoms with E-state index < -0.39 is 0 Å². The van der Waals surface area contributed by atoms with Crippen LogP contribution in [0.25, 0.3) is 10.8 Å². The summed E-state index contributed by atoms with van der Waals surface area (Å²) >= 11 is 2.27. The van der Waals surface area contributed by atoms with Crippen LogP contribution in [0.3, 0.4) is 0 Å². The van der Waals surface area contributed by atoms with Gasteiger partial charge in [0, 0.05) is 52.7 Å². The van der Waals surface area contributed by atoms with Gasteiger partial charge in [0.05, 0.1) is 37.1 Å². The van der Waals surface area contributed by atoms with Gasteiger partial charge in [-0.2, -0.15) is 9.97 Å². The van der Waals surface area contributed by atoms with Gasteiger partial charge in [-0.1, -0.05) is 25.0 Å². The predicted octanol–water partition coefficient (Wildman–Crippen LogP) is 6.13. The molecule has 2 aromatic carbocycles. The van der Waals surface area contributed by atoms with Gasteiger partial charge in [-0.15, -0.1) is 0 Å². The van der Waals surface area contributed by atoms with Crippen LogP contribution in [0.1, 0.15) is 79.9 Å². The second-order valence-electron chi connectivity index (χ2n) is 13.7. The Kier molecular flexibility index (Phi) is 8.82. The van der Waals surface area contributed by atoms with Crippen LogP contribution < -0.4 is 9.64 Å². The van der Waals surface area contributed by atoms with Crippen LogP contribution in [-0.2, 0) is 17.8 Å². The first-order valence-corrected chi connectivity index (χ1v) is 17.7. The van der Waals surface area contributed by atoms with Crippen molar-refractivity contribution in [2.24, 2.45) is 5.41 Å². The zero-order chi connectivity index (χ0) is 31.1. The third-order valence-corrected chi connectivity index (χ3v) is 11.2. The normalized spacial score (nSPS) is 23.2. The highest BCUT2D eigenvalue weighted by molar-refractivity contribution is 14.1. The van der Waals surface area contributed by atoms with Crippen LogP contribution in [0.15, 0.2) is 30.3 Å². The van der Waals surface area contributed by atoms with Crippen molar-refractivity contribution in [3.8, 4) is 11.8 Å². The van der Waals surface area contributed by atoms with Crippen molar-refractivity contribution in [2.45, 2.75) is 83.5 Å². The monoisotopic (exact) mass is 725 g/mol. The summed E-state index contributed by atoms with van der Waals surface area (Å²) in [6.45, 7) is 7.77. The van der Waals surface area contributed by atoms with Crippen LogP contribution in [0.4, 0.5) is 5.82 Å². The Bertz CT molecular complexity index is 1580. The first-order valence-electron chi connectivity index (χ1n) is 16.6. The quantitative estimate of drug-likeness (QED) is 0.278. The Labute approximate surface area is 279 Å². The molecule has 240 valence electrons. The number of amides is 1. The number of carbonyl (C=O) groups is 1. The lowest BCUT2D eigenvalue weighted by Crippen LogP contribution is -2.43. The molecule has 2 atom stereocenters. The van der Waals surface area contributed by atoms with E-state index in [1.165, 1.54) is 19.3 Å². The molecule has 10 heteroatoms. The molecule has 3 aromatic rings. The van der Waals surface area contributed by atoms with E-state index in [9.17, 15) is 9.90 Å². The number of phenolic OH excluding ortho intramolecular Hbond substituents is 1. The minimum Gasteiger partial charge on any atom is -0.508 e. The molecule has 0 spiro atoms. The van der Waals surface area contributed by atoms with E-state index >= 15 is 0 Å². The van der Waals surface area contributed by atoms with Crippen molar-refractivity contribution < 1.29 is 19.4 Å². The smallest absolute Gasteiger partial charge is 0.318 e. The number of ether oxygens (including phenoxy) is 2. The van der Waals surface area contributed by atoms with Crippen molar-refractivity contribution in [2.75, 3.05) is 44.8 Å². The second-order valence-corrected chi connectivity index (χ2v) is 14.8. The number of hydrogen-bond acceptors (Lipinski definition) is 8. The fraction of sp³-hybridized carbons (Fsp3) is 0.571. The number of likely N-dealkylation sites (tertiary alicyclic amines) is 1. The number of aromatic nitrogens is 2. The number of phenols is 1. The number of rotatable bonds is 8. The maximum Gasteiger partial charge on any atom is 0.318 e. The molecule has 1 saturated carbocycles. The van der Waals surface area contributed by atoms with Gasteiger partial charge in [-0.05, 0) is 98.2 Å². The Morgan fingerprint density at radius 2 is 1.96 bits per heavy atom. The molecule has 2 unspecified atom stereocenters. The summed E-state index contributed by atoms with van der Waals surface area (Å²) in [4.78, 5) is 31.0. The van der Waals surface area contributed by atoms with Gasteiger partial charge >= 0.3 is 6.01 Å². The zero-order valence-electron chi connectivity index (χ0n) is 26.4. The average Bonchev–Trinajstić information content (AvgIpc) is 3.72. The Hall–Kier alpha value is -2.70. The Morgan fingerprint density at radius 1 is 1.09 bits per heavy atom. The largest absolute Gasteiger partial charge is 0.508 e. The van der Waals surface area contributed by atoms with Crippen LogP contribution in [-0.4, -0.2) is 82.8 Å². The molecule has 0 radical (unpaired) electrons. The molecule has 9 nitrogen and oxygen atoms in total. The highest BCUT2D eigenvalue weighted by Crippen LogP contribution is 2.47. The van der Waals surface area contributed by atoms with Crippen molar-refractivity contribution in [1.29, 1.82) is 0 Å². The van der Waals surface area contributed by atoms with E-state index in [4.69, 9.17) is 19.4 Å². The first kappa shape index (κ1) is 30.9. The minimum absolute atomic E-state index is 0.0930. The molecule has 0 bridgehead atoms. The minimum atomic E-state index is -0.108. The molecule has 2 saturated heterocycles. The fourth-order valence-electron chi connectivity index (χ4n) is 7.52. The van der Waals surface area contributed by atoms with Crippen molar-refractivity contribution >= 4 is 45.1 Å². The summed E-state index contributed by atoms with van der Waals surface area (Å²) in [7, 11) is 1.82. The van der Waals surface area contributed by atoms with Crippen LogP contribution in [0, 0.1) is 8.99 Å². The maximum atomic E-state index is 14.1. The molecule has 3 aliphatic heterocycles. The number of fused-ring (bicyclic) bond motifs is 2. The molecule has 1 aromatic heterocycles. The molecule has 3 fully saturated rings. The summed E-state index contributed by atoms with van der Waals surface area (Å²) in [5, 5.41) is 12.2. The van der Waals surface area contributed by atoms with E-state index in [-0.39, 0.29) is 17.1 Å². The van der Waals surface area contributed by atoms with Crippen molar-refractivity contribution in [1.82, 2.24) is 19.8 Å². The summed E-state index contributed by atoms with van der Waals surface area (Å²) in [6, 6.07) is 9.97. The molecule has 4 aliphatic rings. The lowest BCUT2D eigenvalue weighted by atomic mass is 10.0. The van der Waals surface area contributed by atoms with E-state index in [0.29, 0.717) is 43.4 Å². The molecular formula is C35H44IN5O4. The van der Waals surface area contributed by atoms with Gasteiger partial charge in [0.15, 0.2) is 0 Å². The van der Waals surface area contributed by atoms with Gasteiger partial charge in [-0.25, -0.2) is 0 Å². The fourth-order valence-corrected chi connectivity index (χ4v) is 8.33. The summed E-state index contributed by atoms with van der Waals surface area (Å²) < 4.78 is 13.1. The number of carbonyl (C=O) groups excluding carboxylic acids is 1. The average molecular weight is 726 g/mol. The SMILES string of the molecule is COC1CCCN(CC2(COc3nc4c(c(N5CCCCCC5C)n3)CN(C(=O)c3cc(O)cc5cccc(I)c35)C4)CC2)C1. The molecule has 4 heterocycles. The Balaban J connectivity index is 1.15. The topological polar surface area (TPSA) is 91.3 Å². The predicted molar refractivity (Wildman–Crippen MR) is 183 cm³/mol. The lowest BCUT2D eigenvalue weighted by Gasteiger charge is -2.34. The molecule has 1 aliphatic carbocycles. The van der Waals surface area contributed by atoms with E-state index in [2.05, 4.69) is 39.3 Å². The van der Waals surface area contributed by atoms with Gasteiger partial charge < -0.3 is 29.3 Å². The number of benzene rings is 2. The van der Waals surface area contributed by atoms with Crippen molar-refractivity contribution in [3.63, 3.8) is 0 Å². The third-order valence-electron chi connectivity index (χ3n) is 10.3. The summed E-state index contributed by atoms with van der Waals surface area (Å²) in [5.41, 5.74) is 2.54. The molecule has 7 rings (SSSR count). The van der Waals surface area contributed by atoms with E-state index in [0.717, 1.165) is 89.7 Å². The number of hydrogen-bond donors (Lipinski definition) is 1. The standard InChI is InChI=1S/C35H44IN5O4/c1-23-8-4-3-5-15-41(23)32-28-19-40(33(43)27-17-25(42)16-24-9-6-11-29(36)31(24)27)20-30(28)37-34(38-32)45-22-35(12-13-35)21-39-14-7-10-26(18-39)44-2/h6,9,11,16-17,23,26,42H,3-5,7-8,10,12-15,18-22H2,1-2H3. The third kappa shape index (κ3) is 6.47. The van der Waals surface area contributed by atoms with Gasteiger partial charge in [0.1, 0.15) is 11.6 Å². The van der Waals surface area contributed by atoms with E-state index in [1.807, 2.05) is 30.2 Å². The maximum absolute atomic E-state index is 14.1. The van der Waals surface area contributed by atoms with Gasteiger partial charge in [0.2, 0.25) is 0 Å². The van der Waals surface area contributed by atoms with E-state index in [1.54, 1.807) is 12.1 Å². The number of nitrogens with zero attached hydrogens (tertiary/aromatic N) is 5. The van der Waals surface area contributed by atoms with Crippen LogP contribution >= 0.6 is 22.6 Å². The highest BCUT2D eigenvalue weighted by atomic mass is 127. The number of aromatic hydroxyl groups is 1. The van der Waals surface area contributed by atoms with Crippen LogP contribution in [0.2, 0.25) is 0 Å². The zero-order valence-corrected chi connectivity index (χ0v) is 28.6. The number of anilines is 1. The van der Waals surface area contributed by atoms with Crippen molar-refractivity contribution in [3.05, 3.63) is 50.7 Å². The number of halogens is 1. The summed E-state index contributed by atoms with van der Waals surface area (Å²) in [5.74, 6) is 0.900. The first-order chi connectivity index (χ1) is 21.8. The molecule has 1 N–H and O–H groups in total. The second kappa shape index (κ2) is 12.8. The highest BCUT2D eigenvalue weighted by Gasteiger charge is 2.46. The Morgan fingerprint density at radius 3 is 2.78 bits per heavy atom. The number of methoxy groups -OCH3 is 1. The number of piperidine rings is 1. The lowest BCUT2D eigenvalue weighted by molar-refractivity contribution is 0.0199. The molecular weight excluding hydrogens is 681 g/mol.